The van der Waals surface area contributed by atoms with Gasteiger partial charge in [0, 0.05) is 12.1 Å². The Morgan fingerprint density at radius 1 is 1.29 bits per heavy atom. The van der Waals surface area contributed by atoms with E-state index in [4.69, 9.17) is 0 Å². The van der Waals surface area contributed by atoms with Gasteiger partial charge in [-0.2, -0.15) is 18.3 Å². The first-order valence-electron chi connectivity index (χ1n) is 6.03. The highest BCUT2D eigenvalue weighted by Gasteiger charge is 2.32. The van der Waals surface area contributed by atoms with E-state index in [1.165, 1.54) is 30.3 Å². The molecule has 0 fully saturated rings. The van der Waals surface area contributed by atoms with Gasteiger partial charge in [-0.15, -0.1) is 0 Å². The van der Waals surface area contributed by atoms with E-state index in [0.29, 0.717) is 11.3 Å². The van der Waals surface area contributed by atoms with Gasteiger partial charge in [-0.25, -0.2) is 4.39 Å². The summed E-state index contributed by atoms with van der Waals surface area (Å²) in [4.78, 5) is 11.6. The fourth-order valence-electron chi connectivity index (χ4n) is 1.80. The average Bonchev–Trinajstić information content (AvgIpc) is 2.82. The van der Waals surface area contributed by atoms with Crippen molar-refractivity contribution in [2.75, 3.05) is 0 Å². The second-order valence-corrected chi connectivity index (χ2v) is 4.19. The summed E-state index contributed by atoms with van der Waals surface area (Å²) in [6.45, 7) is 1.87. The highest BCUT2D eigenvalue weighted by Crippen LogP contribution is 2.20. The molecule has 1 heterocycles. The molecule has 1 amide bonds. The number of amides is 1. The van der Waals surface area contributed by atoms with E-state index >= 15 is 0 Å². The SMILES string of the molecule is CCn1nc(-c2ccc(F)cc2)cc1C(=O)NC(F)(F)F. The van der Waals surface area contributed by atoms with E-state index in [2.05, 4.69) is 5.10 Å². The molecule has 0 unspecified atom stereocenters. The van der Waals surface area contributed by atoms with E-state index < -0.39 is 18.0 Å². The average molecular weight is 301 g/mol. The summed E-state index contributed by atoms with van der Waals surface area (Å²) in [6, 6.07) is 6.51. The number of rotatable bonds is 3. The molecule has 0 atom stereocenters. The predicted octanol–water partition coefficient (Wildman–Crippen LogP) is 2.96. The minimum absolute atomic E-state index is 0.214. The van der Waals surface area contributed by atoms with E-state index in [1.807, 2.05) is 0 Å². The lowest BCUT2D eigenvalue weighted by atomic mass is 10.1. The highest BCUT2D eigenvalue weighted by atomic mass is 19.4. The highest BCUT2D eigenvalue weighted by molar-refractivity contribution is 5.93. The maximum atomic E-state index is 12.9. The van der Waals surface area contributed by atoms with Gasteiger partial charge in [0.15, 0.2) is 0 Å². The predicted molar refractivity (Wildman–Crippen MR) is 66.8 cm³/mol. The second kappa shape index (κ2) is 5.55. The molecule has 21 heavy (non-hydrogen) atoms. The van der Waals surface area contributed by atoms with Crippen molar-refractivity contribution in [2.24, 2.45) is 0 Å². The largest absolute Gasteiger partial charge is 0.484 e. The van der Waals surface area contributed by atoms with Crippen molar-refractivity contribution in [1.82, 2.24) is 15.1 Å². The fraction of sp³-hybridized carbons (Fsp3) is 0.231. The fourth-order valence-corrected chi connectivity index (χ4v) is 1.80. The van der Waals surface area contributed by atoms with E-state index in [0.717, 1.165) is 10.00 Å². The van der Waals surface area contributed by atoms with Crippen molar-refractivity contribution in [3.05, 3.63) is 41.8 Å². The number of aryl methyl sites for hydroxylation is 1. The zero-order valence-corrected chi connectivity index (χ0v) is 10.9. The van der Waals surface area contributed by atoms with Gasteiger partial charge in [0.1, 0.15) is 11.5 Å². The van der Waals surface area contributed by atoms with Crippen molar-refractivity contribution in [3.8, 4) is 11.3 Å². The lowest BCUT2D eigenvalue weighted by molar-refractivity contribution is -0.146. The van der Waals surface area contributed by atoms with Crippen LogP contribution in [0.5, 0.6) is 0 Å². The van der Waals surface area contributed by atoms with Crippen LogP contribution in [0.4, 0.5) is 17.6 Å². The van der Waals surface area contributed by atoms with Crippen LogP contribution < -0.4 is 5.32 Å². The molecule has 1 N–H and O–H groups in total. The first-order chi connectivity index (χ1) is 9.80. The summed E-state index contributed by atoms with van der Waals surface area (Å²) in [7, 11) is 0. The van der Waals surface area contributed by atoms with Gasteiger partial charge in [0.25, 0.3) is 5.91 Å². The van der Waals surface area contributed by atoms with Gasteiger partial charge in [-0.3, -0.25) is 14.8 Å². The van der Waals surface area contributed by atoms with Crippen LogP contribution in [-0.4, -0.2) is 22.0 Å². The third-order valence-electron chi connectivity index (χ3n) is 2.71. The molecule has 0 saturated heterocycles. The number of carbonyl (C=O) groups excluding carboxylic acids is 1. The van der Waals surface area contributed by atoms with Crippen LogP contribution >= 0.6 is 0 Å². The molecule has 0 aliphatic heterocycles. The van der Waals surface area contributed by atoms with Gasteiger partial charge < -0.3 is 0 Å². The quantitative estimate of drug-likeness (QED) is 0.700. The number of alkyl halides is 3. The normalized spacial score (nSPS) is 11.5. The molecule has 4 nitrogen and oxygen atoms in total. The molecule has 2 aromatic rings. The first kappa shape index (κ1) is 15.0. The summed E-state index contributed by atoms with van der Waals surface area (Å²) in [5.41, 5.74) is 0.586. The van der Waals surface area contributed by atoms with Crippen LogP contribution in [0.3, 0.4) is 0 Å². The number of hydrogen-bond acceptors (Lipinski definition) is 2. The summed E-state index contributed by atoms with van der Waals surface area (Å²) >= 11 is 0. The Balaban J connectivity index is 2.35. The van der Waals surface area contributed by atoms with Crippen LogP contribution in [0.15, 0.2) is 30.3 Å². The molecule has 0 aliphatic carbocycles. The van der Waals surface area contributed by atoms with E-state index in [-0.39, 0.29) is 12.2 Å². The number of nitrogens with one attached hydrogen (secondary N) is 1. The smallest absolute Gasteiger partial charge is 0.267 e. The molecule has 0 saturated carbocycles. The Hall–Kier alpha value is -2.38. The molecule has 0 spiro atoms. The van der Waals surface area contributed by atoms with Crippen molar-refractivity contribution in [1.29, 1.82) is 0 Å². The Labute approximate surface area is 117 Å². The van der Waals surface area contributed by atoms with Crippen LogP contribution in [0.25, 0.3) is 11.3 Å². The van der Waals surface area contributed by atoms with Crippen LogP contribution in [0.1, 0.15) is 17.4 Å². The summed E-state index contributed by atoms with van der Waals surface area (Å²) < 4.78 is 50.6. The summed E-state index contributed by atoms with van der Waals surface area (Å²) in [6.07, 6.45) is -4.81. The van der Waals surface area contributed by atoms with E-state index in [1.54, 1.807) is 6.92 Å². The Morgan fingerprint density at radius 3 is 2.43 bits per heavy atom. The molecule has 0 radical (unpaired) electrons. The van der Waals surface area contributed by atoms with Crippen LogP contribution in [-0.2, 0) is 6.54 Å². The third-order valence-corrected chi connectivity index (χ3v) is 2.71. The van der Waals surface area contributed by atoms with Gasteiger partial charge in [-0.1, -0.05) is 0 Å². The molecular weight excluding hydrogens is 290 g/mol. The van der Waals surface area contributed by atoms with Gasteiger partial charge in [-0.05, 0) is 37.3 Å². The molecule has 1 aromatic heterocycles. The third kappa shape index (κ3) is 3.59. The van der Waals surface area contributed by atoms with Crippen molar-refractivity contribution in [3.63, 3.8) is 0 Å². The number of hydrogen-bond donors (Lipinski definition) is 1. The second-order valence-electron chi connectivity index (χ2n) is 4.19. The minimum Gasteiger partial charge on any atom is -0.267 e. The standard InChI is InChI=1S/C13H11F4N3O/c1-2-20-11(12(21)18-13(15,16)17)7-10(19-20)8-3-5-9(14)6-4-8/h3-7H,2H2,1H3,(H,18,21). The molecule has 8 heteroatoms. The molecule has 0 bridgehead atoms. The Morgan fingerprint density at radius 2 is 1.90 bits per heavy atom. The Bertz CT molecular complexity index is 646. The van der Waals surface area contributed by atoms with Crippen molar-refractivity contribution < 1.29 is 22.4 Å². The number of halogens is 4. The lowest BCUT2D eigenvalue weighted by Crippen LogP contribution is -2.38. The number of carbonyl (C=O) groups is 1. The molecule has 112 valence electrons. The monoisotopic (exact) mass is 301 g/mol. The molecule has 1 aromatic carbocycles. The number of benzene rings is 1. The lowest BCUT2D eigenvalue weighted by Gasteiger charge is -2.08. The van der Waals surface area contributed by atoms with Gasteiger partial charge in [0.05, 0.1) is 5.69 Å². The summed E-state index contributed by atoms with van der Waals surface area (Å²) in [5, 5.41) is 4.97. The summed E-state index contributed by atoms with van der Waals surface area (Å²) in [5.74, 6) is -1.73. The zero-order valence-electron chi connectivity index (χ0n) is 10.9. The molecule has 0 aliphatic rings. The first-order valence-corrected chi connectivity index (χ1v) is 6.03. The molecular formula is C13H11F4N3O. The minimum atomic E-state index is -4.81. The zero-order chi connectivity index (χ0) is 15.6. The van der Waals surface area contributed by atoms with E-state index in [9.17, 15) is 22.4 Å². The maximum Gasteiger partial charge on any atom is 0.484 e. The number of aromatic nitrogens is 2. The van der Waals surface area contributed by atoms with Crippen molar-refractivity contribution in [2.45, 2.75) is 19.8 Å². The molecule has 2 rings (SSSR count). The van der Waals surface area contributed by atoms with Gasteiger partial charge in [0.2, 0.25) is 0 Å². The Kier molecular flexibility index (Phi) is 3.97. The topological polar surface area (TPSA) is 46.9 Å². The maximum absolute atomic E-state index is 12.9. The van der Waals surface area contributed by atoms with Crippen LogP contribution in [0.2, 0.25) is 0 Å². The number of nitrogens with zero attached hydrogens (tertiary/aromatic N) is 2. The van der Waals surface area contributed by atoms with Crippen LogP contribution in [0, 0.1) is 5.82 Å². The van der Waals surface area contributed by atoms with Gasteiger partial charge >= 0.3 is 6.30 Å². The van der Waals surface area contributed by atoms with Crippen molar-refractivity contribution >= 4 is 5.91 Å².